The van der Waals surface area contributed by atoms with Crippen LogP contribution in [0, 0.1) is 18.3 Å². The standard InChI is InChI=1S/C17H15NO4S/c1-12-3-6-14(7-4-12)23(20,21)15(11-18)9-13-5-8-17(22-2)16(19)10-13/h3-10,19H,1-2H3. The van der Waals surface area contributed by atoms with Crippen LogP contribution in [0.15, 0.2) is 52.3 Å². The lowest BCUT2D eigenvalue weighted by Crippen LogP contribution is -2.03. The van der Waals surface area contributed by atoms with Crippen molar-refractivity contribution in [1.82, 2.24) is 0 Å². The van der Waals surface area contributed by atoms with Gasteiger partial charge in [-0.1, -0.05) is 23.8 Å². The Kier molecular flexibility index (Phi) is 4.72. The molecule has 0 bridgehead atoms. The fraction of sp³-hybridized carbons (Fsp3) is 0.118. The highest BCUT2D eigenvalue weighted by Crippen LogP contribution is 2.28. The van der Waals surface area contributed by atoms with Crippen molar-refractivity contribution in [2.45, 2.75) is 11.8 Å². The molecule has 0 radical (unpaired) electrons. The van der Waals surface area contributed by atoms with Gasteiger partial charge >= 0.3 is 0 Å². The second kappa shape index (κ2) is 6.55. The third kappa shape index (κ3) is 3.52. The summed E-state index contributed by atoms with van der Waals surface area (Å²) in [5.41, 5.74) is 1.31. The number of phenolic OH excluding ortho intramolecular Hbond substituents is 1. The van der Waals surface area contributed by atoms with Crippen molar-refractivity contribution in [3.05, 3.63) is 58.5 Å². The molecule has 1 N–H and O–H groups in total. The first kappa shape index (κ1) is 16.6. The number of allylic oxidation sites excluding steroid dienone is 1. The lowest BCUT2D eigenvalue weighted by atomic mass is 10.2. The van der Waals surface area contributed by atoms with E-state index in [2.05, 4.69) is 0 Å². The summed E-state index contributed by atoms with van der Waals surface area (Å²) in [6.07, 6.45) is 1.22. The average molecular weight is 329 g/mol. The summed E-state index contributed by atoms with van der Waals surface area (Å²) >= 11 is 0. The number of nitriles is 1. The number of nitrogens with zero attached hydrogens (tertiary/aromatic N) is 1. The molecule has 0 aliphatic heterocycles. The highest BCUT2D eigenvalue weighted by molar-refractivity contribution is 7.95. The third-order valence-electron chi connectivity index (χ3n) is 3.23. The summed E-state index contributed by atoms with van der Waals surface area (Å²) in [6.45, 7) is 1.84. The molecule has 0 fully saturated rings. The number of aryl methyl sites for hydroxylation is 1. The molecule has 0 saturated heterocycles. The van der Waals surface area contributed by atoms with E-state index in [0.29, 0.717) is 5.56 Å². The van der Waals surface area contributed by atoms with Gasteiger partial charge < -0.3 is 9.84 Å². The SMILES string of the molecule is COc1ccc(C=C(C#N)S(=O)(=O)c2ccc(C)cc2)cc1O. The number of rotatable bonds is 4. The lowest BCUT2D eigenvalue weighted by Gasteiger charge is -2.06. The summed E-state index contributed by atoms with van der Waals surface area (Å²) in [6, 6.07) is 12.4. The van der Waals surface area contributed by atoms with Gasteiger partial charge in [0.1, 0.15) is 11.0 Å². The fourth-order valence-corrected chi connectivity index (χ4v) is 3.12. The molecule has 2 rings (SSSR count). The topological polar surface area (TPSA) is 87.4 Å². The Morgan fingerprint density at radius 1 is 1.22 bits per heavy atom. The lowest BCUT2D eigenvalue weighted by molar-refractivity contribution is 0.373. The summed E-state index contributed by atoms with van der Waals surface area (Å²) in [5, 5.41) is 19.0. The number of phenols is 1. The number of hydrogen-bond donors (Lipinski definition) is 1. The molecule has 0 spiro atoms. The smallest absolute Gasteiger partial charge is 0.216 e. The minimum atomic E-state index is -3.91. The fourth-order valence-electron chi connectivity index (χ4n) is 1.96. The first-order valence-electron chi connectivity index (χ1n) is 6.69. The van der Waals surface area contributed by atoms with Crippen molar-refractivity contribution in [2.24, 2.45) is 0 Å². The van der Waals surface area contributed by atoms with E-state index in [9.17, 15) is 18.8 Å². The van der Waals surface area contributed by atoms with Crippen LogP contribution in [-0.4, -0.2) is 20.6 Å². The molecule has 0 aliphatic carbocycles. The van der Waals surface area contributed by atoms with Crippen molar-refractivity contribution in [3.8, 4) is 17.6 Å². The molecular weight excluding hydrogens is 314 g/mol. The summed E-state index contributed by atoms with van der Waals surface area (Å²) in [7, 11) is -2.50. The zero-order chi connectivity index (χ0) is 17.0. The first-order valence-corrected chi connectivity index (χ1v) is 8.17. The van der Waals surface area contributed by atoms with Crippen LogP contribution in [-0.2, 0) is 9.84 Å². The average Bonchev–Trinajstić information content (AvgIpc) is 2.53. The Balaban J connectivity index is 2.48. The zero-order valence-electron chi connectivity index (χ0n) is 12.6. The van der Waals surface area contributed by atoms with Gasteiger partial charge in [-0.05, 0) is 42.8 Å². The Bertz CT molecular complexity index is 891. The van der Waals surface area contributed by atoms with Crippen LogP contribution in [0.4, 0.5) is 0 Å². The summed E-state index contributed by atoms with van der Waals surface area (Å²) in [5.74, 6) is 0.133. The van der Waals surface area contributed by atoms with Gasteiger partial charge in [0.25, 0.3) is 0 Å². The van der Waals surface area contributed by atoms with Crippen LogP contribution >= 0.6 is 0 Å². The molecule has 2 aromatic carbocycles. The van der Waals surface area contributed by atoms with E-state index in [1.165, 1.54) is 37.5 Å². The first-order chi connectivity index (χ1) is 10.9. The number of benzene rings is 2. The van der Waals surface area contributed by atoms with Crippen molar-refractivity contribution < 1.29 is 18.3 Å². The normalized spacial score (nSPS) is 11.8. The number of hydrogen-bond acceptors (Lipinski definition) is 5. The van der Waals surface area contributed by atoms with Gasteiger partial charge in [0, 0.05) is 0 Å². The minimum Gasteiger partial charge on any atom is -0.504 e. The van der Waals surface area contributed by atoms with Crippen LogP contribution in [0.25, 0.3) is 6.08 Å². The van der Waals surface area contributed by atoms with Crippen molar-refractivity contribution in [1.29, 1.82) is 5.26 Å². The van der Waals surface area contributed by atoms with Crippen molar-refractivity contribution in [3.63, 3.8) is 0 Å². The van der Waals surface area contributed by atoms with E-state index in [4.69, 9.17) is 4.74 Å². The van der Waals surface area contributed by atoms with Crippen LogP contribution in [0.3, 0.4) is 0 Å². The highest BCUT2D eigenvalue weighted by atomic mass is 32.2. The number of sulfone groups is 1. The van der Waals surface area contributed by atoms with Gasteiger partial charge in [-0.3, -0.25) is 0 Å². The van der Waals surface area contributed by atoms with Gasteiger partial charge in [-0.2, -0.15) is 5.26 Å². The number of methoxy groups -OCH3 is 1. The van der Waals surface area contributed by atoms with Crippen molar-refractivity contribution >= 4 is 15.9 Å². The summed E-state index contributed by atoms with van der Waals surface area (Å²) < 4.78 is 29.9. The molecule has 2 aromatic rings. The van der Waals surface area contributed by atoms with E-state index in [1.807, 2.05) is 6.92 Å². The zero-order valence-corrected chi connectivity index (χ0v) is 13.5. The maximum atomic E-state index is 12.5. The Labute approximate surface area is 135 Å². The van der Waals surface area contributed by atoms with Gasteiger partial charge in [-0.15, -0.1) is 0 Å². The van der Waals surface area contributed by atoms with Crippen LogP contribution in [0.5, 0.6) is 11.5 Å². The predicted octanol–water partition coefficient (Wildman–Crippen LogP) is 3.05. The van der Waals surface area contributed by atoms with Crippen LogP contribution in [0.1, 0.15) is 11.1 Å². The largest absolute Gasteiger partial charge is 0.504 e. The van der Waals surface area contributed by atoms with Gasteiger partial charge in [0.2, 0.25) is 9.84 Å². The molecule has 0 heterocycles. The monoisotopic (exact) mass is 329 g/mol. The number of ether oxygens (including phenoxy) is 1. The maximum absolute atomic E-state index is 12.5. The molecule has 23 heavy (non-hydrogen) atoms. The Morgan fingerprint density at radius 3 is 2.39 bits per heavy atom. The molecule has 5 nitrogen and oxygen atoms in total. The highest BCUT2D eigenvalue weighted by Gasteiger charge is 2.20. The molecule has 0 saturated carbocycles. The molecule has 0 aliphatic rings. The van der Waals surface area contributed by atoms with E-state index >= 15 is 0 Å². The number of aromatic hydroxyl groups is 1. The molecule has 6 heteroatoms. The second-order valence-corrected chi connectivity index (χ2v) is 6.79. The maximum Gasteiger partial charge on any atom is 0.216 e. The van der Waals surface area contributed by atoms with Crippen molar-refractivity contribution in [2.75, 3.05) is 7.11 Å². The second-order valence-electron chi connectivity index (χ2n) is 4.87. The molecule has 0 amide bonds. The van der Waals surface area contributed by atoms with E-state index in [1.54, 1.807) is 24.3 Å². The molecular formula is C17H15NO4S. The quantitative estimate of drug-likeness (QED) is 0.871. The Morgan fingerprint density at radius 2 is 1.87 bits per heavy atom. The predicted molar refractivity (Wildman–Crippen MR) is 86.6 cm³/mol. The molecule has 0 unspecified atom stereocenters. The summed E-state index contributed by atoms with van der Waals surface area (Å²) in [4.78, 5) is -0.348. The molecule has 118 valence electrons. The minimum absolute atomic E-state index is 0.0497. The molecule has 0 aromatic heterocycles. The van der Waals surface area contributed by atoms with Crippen LogP contribution < -0.4 is 4.74 Å². The van der Waals surface area contributed by atoms with Gasteiger partial charge in [0.15, 0.2) is 11.5 Å². The molecule has 0 atom stereocenters. The Hall–Kier alpha value is -2.78. The van der Waals surface area contributed by atoms with E-state index in [-0.39, 0.29) is 16.4 Å². The van der Waals surface area contributed by atoms with E-state index in [0.717, 1.165) is 5.56 Å². The third-order valence-corrected chi connectivity index (χ3v) is 4.91. The van der Waals surface area contributed by atoms with E-state index < -0.39 is 14.7 Å². The van der Waals surface area contributed by atoms with Gasteiger partial charge in [-0.25, -0.2) is 8.42 Å². The van der Waals surface area contributed by atoms with Gasteiger partial charge in [0.05, 0.1) is 12.0 Å². The van der Waals surface area contributed by atoms with Crippen LogP contribution in [0.2, 0.25) is 0 Å².